The molecule has 0 radical (unpaired) electrons. The number of hydrogen-bond acceptors (Lipinski definition) is 1. The molecule has 0 N–H and O–H groups in total. The Morgan fingerprint density at radius 2 is 1.63 bits per heavy atom. The minimum Gasteiger partial charge on any atom is -0.368 e. The van der Waals surface area contributed by atoms with Crippen LogP contribution in [-0.2, 0) is 11.3 Å². The summed E-state index contributed by atoms with van der Waals surface area (Å²) < 4.78 is 7.01. The number of rotatable bonds is 5. The molecule has 19 heavy (non-hydrogen) atoms. The molecule has 0 amide bonds. The molecule has 4 heteroatoms. The van der Waals surface area contributed by atoms with E-state index in [1.807, 2.05) is 36.4 Å². The monoisotopic (exact) mass is 402 g/mol. The molecule has 2 aromatic carbocycles. The highest BCUT2D eigenvalue weighted by molar-refractivity contribution is 9.10. The van der Waals surface area contributed by atoms with Gasteiger partial charge in [0.2, 0.25) is 0 Å². The number of ether oxygens (including phenoxy) is 1. The van der Waals surface area contributed by atoms with Gasteiger partial charge in [0, 0.05) is 14.8 Å². The topological polar surface area (TPSA) is 9.23 Å². The molecular formula is C15H13Br2ClO. The molecule has 2 aromatic rings. The van der Waals surface area contributed by atoms with E-state index >= 15 is 0 Å². The first-order chi connectivity index (χ1) is 9.19. The van der Waals surface area contributed by atoms with Gasteiger partial charge in [-0.3, -0.25) is 0 Å². The van der Waals surface area contributed by atoms with E-state index in [1.165, 1.54) is 0 Å². The Morgan fingerprint density at radius 3 is 2.21 bits per heavy atom. The fraction of sp³-hybridized carbons (Fsp3) is 0.200. The largest absolute Gasteiger partial charge is 0.368 e. The fourth-order valence-corrected chi connectivity index (χ4v) is 2.64. The third-order valence-electron chi connectivity index (χ3n) is 2.75. The average molecular weight is 405 g/mol. The van der Waals surface area contributed by atoms with E-state index in [2.05, 4.69) is 44.0 Å². The lowest BCUT2D eigenvalue weighted by Crippen LogP contribution is -2.05. The van der Waals surface area contributed by atoms with Crippen molar-refractivity contribution in [1.29, 1.82) is 0 Å². The molecule has 1 nitrogen and oxygen atoms in total. The Hall–Kier alpha value is -0.350. The zero-order valence-corrected chi connectivity index (χ0v) is 14.1. The molecule has 0 saturated heterocycles. The molecule has 1 atom stereocenters. The first-order valence-electron chi connectivity index (χ1n) is 5.86. The molecule has 0 aromatic heterocycles. The van der Waals surface area contributed by atoms with Crippen LogP contribution in [0.4, 0.5) is 0 Å². The molecule has 100 valence electrons. The van der Waals surface area contributed by atoms with Gasteiger partial charge in [-0.2, -0.15) is 0 Å². The third-order valence-corrected chi connectivity index (χ3v) is 4.12. The van der Waals surface area contributed by atoms with Crippen LogP contribution in [0.1, 0.15) is 17.2 Å². The number of benzene rings is 2. The van der Waals surface area contributed by atoms with Crippen LogP contribution in [0.15, 0.2) is 53.0 Å². The van der Waals surface area contributed by atoms with Gasteiger partial charge in [0.25, 0.3) is 0 Å². The van der Waals surface area contributed by atoms with Gasteiger partial charge in [0.1, 0.15) is 0 Å². The first kappa shape index (κ1) is 15.0. The molecule has 0 aliphatic carbocycles. The Morgan fingerprint density at radius 1 is 1.00 bits per heavy atom. The standard InChI is InChI=1S/C15H13Br2ClO/c16-9-15(12-3-5-13(17)6-4-12)19-10-11-1-7-14(18)8-2-11/h1-8,15H,9-10H2. The highest BCUT2D eigenvalue weighted by Crippen LogP contribution is 2.23. The van der Waals surface area contributed by atoms with Gasteiger partial charge in [0.05, 0.1) is 12.7 Å². The smallest absolute Gasteiger partial charge is 0.0926 e. The quantitative estimate of drug-likeness (QED) is 0.576. The number of alkyl halides is 1. The molecule has 0 fully saturated rings. The van der Waals surface area contributed by atoms with E-state index in [0.29, 0.717) is 6.61 Å². The lowest BCUT2D eigenvalue weighted by molar-refractivity contribution is 0.0566. The molecule has 2 rings (SSSR count). The van der Waals surface area contributed by atoms with Gasteiger partial charge in [-0.25, -0.2) is 0 Å². The second kappa shape index (κ2) is 7.44. The van der Waals surface area contributed by atoms with E-state index in [4.69, 9.17) is 16.3 Å². The predicted octanol–water partition coefficient (Wildman–Crippen LogP) is 5.76. The van der Waals surface area contributed by atoms with Gasteiger partial charge in [0.15, 0.2) is 0 Å². The molecule has 0 aliphatic heterocycles. The van der Waals surface area contributed by atoms with Crippen molar-refractivity contribution in [2.24, 2.45) is 0 Å². The maximum absolute atomic E-state index is 5.94. The van der Waals surface area contributed by atoms with Gasteiger partial charge in [-0.05, 0) is 35.4 Å². The molecular weight excluding hydrogens is 391 g/mol. The maximum Gasteiger partial charge on any atom is 0.0926 e. The summed E-state index contributed by atoms with van der Waals surface area (Å²) >= 11 is 12.8. The van der Waals surface area contributed by atoms with Crippen molar-refractivity contribution in [2.45, 2.75) is 12.7 Å². The average Bonchev–Trinajstić information content (AvgIpc) is 2.43. The van der Waals surface area contributed by atoms with E-state index in [-0.39, 0.29) is 6.10 Å². The Labute approximate surface area is 135 Å². The van der Waals surface area contributed by atoms with Crippen LogP contribution in [0.2, 0.25) is 5.02 Å². The zero-order valence-electron chi connectivity index (χ0n) is 10.2. The van der Waals surface area contributed by atoms with Crippen LogP contribution in [-0.4, -0.2) is 5.33 Å². The van der Waals surface area contributed by atoms with Gasteiger partial charge >= 0.3 is 0 Å². The van der Waals surface area contributed by atoms with Crippen molar-refractivity contribution in [3.63, 3.8) is 0 Å². The minimum atomic E-state index is 0.0452. The molecule has 0 spiro atoms. The van der Waals surface area contributed by atoms with Crippen molar-refractivity contribution < 1.29 is 4.74 Å². The van der Waals surface area contributed by atoms with Crippen molar-refractivity contribution in [3.8, 4) is 0 Å². The summed E-state index contributed by atoms with van der Waals surface area (Å²) in [4.78, 5) is 0. The highest BCUT2D eigenvalue weighted by atomic mass is 79.9. The van der Waals surface area contributed by atoms with Crippen molar-refractivity contribution in [2.75, 3.05) is 5.33 Å². The summed E-state index contributed by atoms with van der Waals surface area (Å²) in [7, 11) is 0. The Balaban J connectivity index is 1.99. The Kier molecular flexibility index (Phi) is 5.89. The summed E-state index contributed by atoms with van der Waals surface area (Å²) in [6.07, 6.45) is 0.0452. The number of halogens is 3. The fourth-order valence-electron chi connectivity index (χ4n) is 1.68. The minimum absolute atomic E-state index is 0.0452. The van der Waals surface area contributed by atoms with Crippen LogP contribution in [0, 0.1) is 0 Å². The summed E-state index contributed by atoms with van der Waals surface area (Å²) in [5.41, 5.74) is 2.28. The van der Waals surface area contributed by atoms with Crippen LogP contribution in [0.5, 0.6) is 0 Å². The summed E-state index contributed by atoms with van der Waals surface area (Å²) in [6, 6.07) is 15.9. The van der Waals surface area contributed by atoms with E-state index in [9.17, 15) is 0 Å². The van der Waals surface area contributed by atoms with E-state index < -0.39 is 0 Å². The van der Waals surface area contributed by atoms with Gasteiger partial charge in [-0.15, -0.1) is 0 Å². The van der Waals surface area contributed by atoms with Crippen LogP contribution in [0.3, 0.4) is 0 Å². The maximum atomic E-state index is 5.94. The lowest BCUT2D eigenvalue weighted by atomic mass is 10.1. The lowest BCUT2D eigenvalue weighted by Gasteiger charge is -2.16. The van der Waals surface area contributed by atoms with E-state index in [1.54, 1.807) is 0 Å². The molecule has 0 aliphatic rings. The van der Waals surface area contributed by atoms with Crippen molar-refractivity contribution >= 4 is 43.5 Å². The SMILES string of the molecule is Clc1ccc(COC(CBr)c2ccc(Br)cc2)cc1. The van der Waals surface area contributed by atoms with Crippen molar-refractivity contribution in [3.05, 3.63) is 69.2 Å². The second-order valence-corrected chi connectivity index (χ2v) is 6.13. The zero-order chi connectivity index (χ0) is 13.7. The van der Waals surface area contributed by atoms with E-state index in [0.717, 1.165) is 26.0 Å². The first-order valence-corrected chi connectivity index (χ1v) is 8.16. The summed E-state index contributed by atoms with van der Waals surface area (Å²) in [5, 5.41) is 1.51. The molecule has 0 bridgehead atoms. The summed E-state index contributed by atoms with van der Waals surface area (Å²) in [6.45, 7) is 0.573. The third kappa shape index (κ3) is 4.60. The molecule has 0 heterocycles. The normalized spacial score (nSPS) is 12.4. The number of hydrogen-bond donors (Lipinski definition) is 0. The van der Waals surface area contributed by atoms with Crippen LogP contribution >= 0.6 is 43.5 Å². The molecule has 0 saturated carbocycles. The van der Waals surface area contributed by atoms with Crippen LogP contribution in [0.25, 0.3) is 0 Å². The van der Waals surface area contributed by atoms with Gasteiger partial charge in [-0.1, -0.05) is 67.7 Å². The summed E-state index contributed by atoms with van der Waals surface area (Å²) in [5.74, 6) is 0. The highest BCUT2D eigenvalue weighted by Gasteiger charge is 2.10. The Bertz CT molecular complexity index is 511. The van der Waals surface area contributed by atoms with Gasteiger partial charge < -0.3 is 4.74 Å². The van der Waals surface area contributed by atoms with Crippen LogP contribution < -0.4 is 0 Å². The predicted molar refractivity (Wildman–Crippen MR) is 86.9 cm³/mol. The van der Waals surface area contributed by atoms with Crippen molar-refractivity contribution in [1.82, 2.24) is 0 Å². The second-order valence-electron chi connectivity index (χ2n) is 4.13. The molecule has 1 unspecified atom stereocenters.